The van der Waals surface area contributed by atoms with Crippen LogP contribution in [0.5, 0.6) is 0 Å². The van der Waals surface area contributed by atoms with Crippen LogP contribution in [0.3, 0.4) is 0 Å². The molecule has 33 heavy (non-hydrogen) atoms. The lowest BCUT2D eigenvalue weighted by atomic mass is 10.1. The summed E-state index contributed by atoms with van der Waals surface area (Å²) in [6.45, 7) is 3.48. The molecule has 1 aliphatic heterocycles. The van der Waals surface area contributed by atoms with E-state index in [9.17, 15) is 26.3 Å². The zero-order chi connectivity index (χ0) is 23.8. The summed E-state index contributed by atoms with van der Waals surface area (Å²) in [5.41, 5.74) is -1.64. The molecular weight excluding hydrogens is 454 g/mol. The molecule has 13 heteroatoms. The fraction of sp³-hybridized carbons (Fsp3) is 0.400. The molecule has 3 heterocycles. The van der Waals surface area contributed by atoms with Gasteiger partial charge in [0.25, 0.3) is 0 Å². The third kappa shape index (κ3) is 5.07. The van der Waals surface area contributed by atoms with E-state index in [1.165, 1.54) is 12.1 Å². The van der Waals surface area contributed by atoms with E-state index in [2.05, 4.69) is 20.1 Å². The Balaban J connectivity index is 1.42. The summed E-state index contributed by atoms with van der Waals surface area (Å²) in [7, 11) is 0. The fourth-order valence-electron chi connectivity index (χ4n) is 3.48. The molecule has 1 fully saturated rings. The van der Waals surface area contributed by atoms with E-state index >= 15 is 0 Å². The first-order chi connectivity index (χ1) is 15.5. The summed E-state index contributed by atoms with van der Waals surface area (Å²) in [5, 5.41) is 3.80. The molecule has 176 valence electrons. The van der Waals surface area contributed by atoms with Crippen molar-refractivity contribution >= 4 is 5.95 Å². The number of hydrogen-bond donors (Lipinski definition) is 0. The van der Waals surface area contributed by atoms with Crippen LogP contribution in [0.1, 0.15) is 30.1 Å². The summed E-state index contributed by atoms with van der Waals surface area (Å²) in [6, 6.07) is 5.11. The van der Waals surface area contributed by atoms with E-state index in [-0.39, 0.29) is 29.3 Å². The Bertz CT molecular complexity index is 1110. The monoisotopic (exact) mass is 472 g/mol. The molecule has 0 radical (unpaired) electrons. The van der Waals surface area contributed by atoms with Gasteiger partial charge in [0.15, 0.2) is 0 Å². The SMILES string of the molecule is CC(c1nc(-c2cccc(C(F)(F)F)c2)no1)N1CCN(c2nccc(C(F)(F)F)n2)CC1. The normalized spacial score (nSPS) is 16.8. The maximum Gasteiger partial charge on any atom is 0.433 e. The van der Waals surface area contributed by atoms with Crippen molar-refractivity contribution in [3.63, 3.8) is 0 Å². The van der Waals surface area contributed by atoms with Crippen LogP contribution in [-0.2, 0) is 12.4 Å². The highest BCUT2D eigenvalue weighted by atomic mass is 19.4. The molecule has 0 aliphatic carbocycles. The first kappa shape index (κ1) is 23.0. The second-order valence-corrected chi connectivity index (χ2v) is 7.47. The highest BCUT2D eigenvalue weighted by Crippen LogP contribution is 2.32. The number of piperazine rings is 1. The van der Waals surface area contributed by atoms with E-state index in [1.54, 1.807) is 11.8 Å². The van der Waals surface area contributed by atoms with Gasteiger partial charge in [0.05, 0.1) is 11.6 Å². The minimum atomic E-state index is -4.55. The first-order valence-corrected chi connectivity index (χ1v) is 9.93. The maximum atomic E-state index is 13.0. The molecular formula is C20H18F6N6O. The van der Waals surface area contributed by atoms with Gasteiger partial charge in [-0.3, -0.25) is 4.90 Å². The van der Waals surface area contributed by atoms with Gasteiger partial charge in [-0.05, 0) is 25.1 Å². The van der Waals surface area contributed by atoms with Crippen molar-refractivity contribution in [1.29, 1.82) is 0 Å². The Hall–Kier alpha value is -3.22. The topological polar surface area (TPSA) is 71.2 Å². The third-order valence-corrected chi connectivity index (χ3v) is 5.33. The molecule has 0 saturated carbocycles. The second kappa shape index (κ2) is 8.61. The minimum Gasteiger partial charge on any atom is -0.338 e. The van der Waals surface area contributed by atoms with E-state index < -0.39 is 23.6 Å². The van der Waals surface area contributed by atoms with E-state index in [0.717, 1.165) is 24.4 Å². The van der Waals surface area contributed by atoms with Gasteiger partial charge in [0, 0.05) is 37.9 Å². The van der Waals surface area contributed by atoms with Crippen LogP contribution in [0.4, 0.5) is 32.3 Å². The molecule has 2 aromatic heterocycles. The quantitative estimate of drug-likeness (QED) is 0.520. The summed E-state index contributed by atoms with van der Waals surface area (Å²) in [4.78, 5) is 15.4. The molecule has 1 saturated heterocycles. The highest BCUT2D eigenvalue weighted by Gasteiger charge is 2.34. The average Bonchev–Trinajstić information content (AvgIpc) is 3.28. The van der Waals surface area contributed by atoms with Crippen molar-refractivity contribution in [2.24, 2.45) is 0 Å². The van der Waals surface area contributed by atoms with Gasteiger partial charge >= 0.3 is 12.4 Å². The predicted octanol–water partition coefficient (Wildman–Crippen LogP) is 4.45. The number of rotatable bonds is 4. The summed E-state index contributed by atoms with van der Waals surface area (Å²) in [5.74, 6) is 0.270. The molecule has 1 atom stereocenters. The Kier molecular flexibility index (Phi) is 5.99. The maximum absolute atomic E-state index is 13.0. The number of aromatic nitrogens is 4. The predicted molar refractivity (Wildman–Crippen MR) is 104 cm³/mol. The van der Waals surface area contributed by atoms with Gasteiger partial charge in [-0.25, -0.2) is 9.97 Å². The molecule has 1 unspecified atom stereocenters. The Morgan fingerprint density at radius 3 is 2.33 bits per heavy atom. The lowest BCUT2D eigenvalue weighted by molar-refractivity contribution is -0.141. The number of nitrogens with zero attached hydrogens (tertiary/aromatic N) is 6. The Labute approximate surface area is 184 Å². The second-order valence-electron chi connectivity index (χ2n) is 7.47. The van der Waals surface area contributed by atoms with Crippen LogP contribution in [0.2, 0.25) is 0 Å². The number of anilines is 1. The van der Waals surface area contributed by atoms with Crippen molar-refractivity contribution in [2.45, 2.75) is 25.3 Å². The van der Waals surface area contributed by atoms with Gasteiger partial charge in [0.1, 0.15) is 5.69 Å². The summed E-state index contributed by atoms with van der Waals surface area (Å²) in [6.07, 6.45) is -7.96. The standard InChI is InChI=1S/C20H18F6N6O/c1-12(17-29-16(30-33-17)13-3-2-4-14(11-13)19(21,22)23)31-7-9-32(10-8-31)18-27-6-5-15(28-18)20(24,25)26/h2-6,11-12H,7-10H2,1H3. The van der Waals surface area contributed by atoms with Crippen LogP contribution in [0.15, 0.2) is 41.1 Å². The molecule has 0 N–H and O–H groups in total. The molecule has 3 aromatic rings. The van der Waals surface area contributed by atoms with Crippen molar-refractivity contribution in [2.75, 3.05) is 31.1 Å². The number of benzene rings is 1. The number of hydrogen-bond acceptors (Lipinski definition) is 7. The number of alkyl halides is 6. The summed E-state index contributed by atoms with van der Waals surface area (Å²) < 4.78 is 82.8. The zero-order valence-corrected chi connectivity index (χ0v) is 17.2. The molecule has 0 spiro atoms. The van der Waals surface area contributed by atoms with Crippen LogP contribution in [0, 0.1) is 0 Å². The van der Waals surface area contributed by atoms with Gasteiger partial charge in [-0.2, -0.15) is 31.3 Å². The van der Waals surface area contributed by atoms with Crippen LogP contribution in [-0.4, -0.2) is 51.2 Å². The minimum absolute atomic E-state index is 0.00162. The Morgan fingerprint density at radius 1 is 0.939 bits per heavy atom. The Morgan fingerprint density at radius 2 is 1.67 bits per heavy atom. The van der Waals surface area contributed by atoms with Gasteiger partial charge in [0.2, 0.25) is 17.7 Å². The zero-order valence-electron chi connectivity index (χ0n) is 17.2. The van der Waals surface area contributed by atoms with Crippen molar-refractivity contribution in [3.05, 3.63) is 53.7 Å². The first-order valence-electron chi connectivity index (χ1n) is 9.93. The molecule has 7 nitrogen and oxygen atoms in total. The number of halogens is 6. The lowest BCUT2D eigenvalue weighted by Gasteiger charge is -2.36. The molecule has 1 aliphatic rings. The van der Waals surface area contributed by atoms with Crippen molar-refractivity contribution < 1.29 is 30.9 Å². The molecule has 0 amide bonds. The molecule has 1 aromatic carbocycles. The fourth-order valence-corrected chi connectivity index (χ4v) is 3.48. The van der Waals surface area contributed by atoms with Crippen LogP contribution in [0.25, 0.3) is 11.4 Å². The lowest BCUT2D eigenvalue weighted by Crippen LogP contribution is -2.47. The molecule has 0 bridgehead atoms. The van der Waals surface area contributed by atoms with Gasteiger partial charge in [-0.15, -0.1) is 0 Å². The van der Waals surface area contributed by atoms with Gasteiger partial charge < -0.3 is 9.42 Å². The molecule has 4 rings (SSSR count). The highest BCUT2D eigenvalue weighted by molar-refractivity contribution is 5.55. The van der Waals surface area contributed by atoms with E-state index in [0.29, 0.717) is 26.2 Å². The van der Waals surface area contributed by atoms with E-state index in [1.807, 2.05) is 4.90 Å². The van der Waals surface area contributed by atoms with Crippen LogP contribution >= 0.6 is 0 Å². The van der Waals surface area contributed by atoms with Gasteiger partial charge in [-0.1, -0.05) is 17.3 Å². The van der Waals surface area contributed by atoms with Crippen LogP contribution < -0.4 is 4.90 Å². The van der Waals surface area contributed by atoms with Crippen molar-refractivity contribution in [3.8, 4) is 11.4 Å². The third-order valence-electron chi connectivity index (χ3n) is 5.33. The largest absolute Gasteiger partial charge is 0.433 e. The summed E-state index contributed by atoms with van der Waals surface area (Å²) >= 11 is 0. The average molecular weight is 472 g/mol. The van der Waals surface area contributed by atoms with Crippen molar-refractivity contribution in [1.82, 2.24) is 25.0 Å². The van der Waals surface area contributed by atoms with E-state index in [4.69, 9.17) is 4.52 Å². The smallest absolute Gasteiger partial charge is 0.338 e.